The van der Waals surface area contributed by atoms with E-state index in [0.29, 0.717) is 17.9 Å². The number of hydrogen-bond donors (Lipinski definition) is 2. The van der Waals surface area contributed by atoms with Crippen molar-refractivity contribution in [2.24, 2.45) is 5.92 Å². The third-order valence-corrected chi connectivity index (χ3v) is 2.53. The van der Waals surface area contributed by atoms with E-state index in [1.54, 1.807) is 12.1 Å². The molecule has 1 aromatic rings. The molecular weight excluding hydrogens is 258 g/mol. The smallest absolute Gasteiger partial charge is 0.323 e. The van der Waals surface area contributed by atoms with Crippen LogP contribution in [0.2, 0.25) is 0 Å². The molecule has 0 aromatic heterocycles. The van der Waals surface area contributed by atoms with Gasteiger partial charge < -0.3 is 11.1 Å². The molecule has 3 amide bonds. The van der Waals surface area contributed by atoms with E-state index in [1.807, 2.05) is 13.8 Å². The van der Waals surface area contributed by atoms with Gasteiger partial charge in [-0.1, -0.05) is 13.8 Å². The second-order valence-corrected chi connectivity index (χ2v) is 4.85. The Kier molecular flexibility index (Phi) is 5.25. The summed E-state index contributed by atoms with van der Waals surface area (Å²) >= 11 is 0. The van der Waals surface area contributed by atoms with E-state index >= 15 is 0 Å². The number of nitrogens with zero attached hydrogens (tertiary/aromatic N) is 1. The summed E-state index contributed by atoms with van der Waals surface area (Å²) in [4.78, 5) is 36.2. The van der Waals surface area contributed by atoms with Crippen molar-refractivity contribution in [3.63, 3.8) is 0 Å². The summed E-state index contributed by atoms with van der Waals surface area (Å²) in [6.45, 7) is 5.42. The quantitative estimate of drug-likeness (QED) is 0.634. The molecule has 1 rings (SSSR count). The number of nitrogens with two attached hydrogens (primary N) is 1. The number of amides is 3. The zero-order valence-corrected chi connectivity index (χ0v) is 11.8. The van der Waals surface area contributed by atoms with Gasteiger partial charge in [-0.15, -0.1) is 0 Å². The van der Waals surface area contributed by atoms with E-state index < -0.39 is 17.7 Å². The number of carbonyl (C=O) groups is 3. The average Bonchev–Trinajstić information content (AvgIpc) is 2.37. The van der Waals surface area contributed by atoms with Crippen LogP contribution in [0.25, 0.3) is 0 Å². The third-order valence-electron chi connectivity index (χ3n) is 2.53. The van der Waals surface area contributed by atoms with Gasteiger partial charge in [0.1, 0.15) is 0 Å². The Hall–Kier alpha value is -2.37. The van der Waals surface area contributed by atoms with Crippen LogP contribution in [-0.2, 0) is 14.4 Å². The first kappa shape index (κ1) is 15.7. The van der Waals surface area contributed by atoms with Crippen LogP contribution in [0.1, 0.15) is 20.8 Å². The summed E-state index contributed by atoms with van der Waals surface area (Å²) in [6.07, 6.45) is 0. The fourth-order valence-electron chi connectivity index (χ4n) is 1.54. The zero-order valence-electron chi connectivity index (χ0n) is 11.8. The predicted molar refractivity (Wildman–Crippen MR) is 76.9 cm³/mol. The van der Waals surface area contributed by atoms with Crippen LogP contribution < -0.4 is 16.0 Å². The van der Waals surface area contributed by atoms with Crippen molar-refractivity contribution in [2.45, 2.75) is 20.8 Å². The Labute approximate surface area is 117 Å². The highest BCUT2D eigenvalue weighted by atomic mass is 16.2. The summed E-state index contributed by atoms with van der Waals surface area (Å²) in [5.41, 5.74) is 6.38. The largest absolute Gasteiger partial charge is 0.399 e. The van der Waals surface area contributed by atoms with Crippen LogP contribution in [0.5, 0.6) is 0 Å². The Morgan fingerprint density at radius 2 is 1.75 bits per heavy atom. The lowest BCUT2D eigenvalue weighted by atomic mass is 10.2. The Morgan fingerprint density at radius 1 is 1.20 bits per heavy atom. The predicted octanol–water partition coefficient (Wildman–Crippen LogP) is 0.920. The van der Waals surface area contributed by atoms with Gasteiger partial charge in [0.05, 0.1) is 5.69 Å². The van der Waals surface area contributed by atoms with Crippen LogP contribution in [0.3, 0.4) is 0 Å². The molecule has 108 valence electrons. The highest BCUT2D eigenvalue weighted by Crippen LogP contribution is 2.16. The van der Waals surface area contributed by atoms with Gasteiger partial charge in [-0.05, 0) is 30.2 Å². The van der Waals surface area contributed by atoms with E-state index in [-0.39, 0.29) is 5.92 Å². The second-order valence-electron chi connectivity index (χ2n) is 4.85. The van der Waals surface area contributed by atoms with Crippen molar-refractivity contribution in [1.29, 1.82) is 0 Å². The summed E-state index contributed by atoms with van der Waals surface area (Å²) in [5.74, 6) is -2.01. The van der Waals surface area contributed by atoms with E-state index in [2.05, 4.69) is 5.32 Å². The van der Waals surface area contributed by atoms with Crippen LogP contribution in [-0.4, -0.2) is 24.3 Å². The molecule has 20 heavy (non-hydrogen) atoms. The van der Waals surface area contributed by atoms with Gasteiger partial charge >= 0.3 is 11.8 Å². The molecule has 0 radical (unpaired) electrons. The SMILES string of the molecule is CC(=O)N(C(=O)C(=O)NCC(C)C)c1ccc(N)cc1. The van der Waals surface area contributed by atoms with Crippen LogP contribution in [0.4, 0.5) is 11.4 Å². The number of anilines is 2. The van der Waals surface area contributed by atoms with Gasteiger partial charge in [0.25, 0.3) is 0 Å². The standard InChI is InChI=1S/C14H19N3O3/c1-9(2)8-16-13(19)14(20)17(10(3)18)12-6-4-11(15)5-7-12/h4-7,9H,8,15H2,1-3H3,(H,16,19). The number of benzene rings is 1. The minimum Gasteiger partial charge on any atom is -0.399 e. The molecule has 0 spiro atoms. The van der Waals surface area contributed by atoms with Gasteiger partial charge in [0, 0.05) is 19.2 Å². The first-order valence-electron chi connectivity index (χ1n) is 6.31. The van der Waals surface area contributed by atoms with Gasteiger partial charge in [-0.3, -0.25) is 14.4 Å². The second kappa shape index (κ2) is 6.70. The van der Waals surface area contributed by atoms with Gasteiger partial charge in [-0.2, -0.15) is 0 Å². The third kappa shape index (κ3) is 4.08. The normalized spacial score (nSPS) is 10.2. The number of carbonyl (C=O) groups excluding carboxylic acids is 3. The number of nitrogen functional groups attached to an aromatic ring is 1. The van der Waals surface area contributed by atoms with Crippen LogP contribution >= 0.6 is 0 Å². The maximum atomic E-state index is 12.0. The number of rotatable bonds is 3. The molecule has 0 unspecified atom stereocenters. The molecule has 0 bridgehead atoms. The molecule has 6 nitrogen and oxygen atoms in total. The topological polar surface area (TPSA) is 92.5 Å². The van der Waals surface area contributed by atoms with Gasteiger partial charge in [0.2, 0.25) is 5.91 Å². The molecule has 3 N–H and O–H groups in total. The van der Waals surface area contributed by atoms with E-state index in [0.717, 1.165) is 4.90 Å². The Morgan fingerprint density at radius 3 is 2.20 bits per heavy atom. The van der Waals surface area contributed by atoms with Gasteiger partial charge in [0.15, 0.2) is 0 Å². The Bertz CT molecular complexity index is 509. The molecule has 0 aliphatic rings. The Balaban J connectivity index is 2.91. The van der Waals surface area contributed by atoms with Crippen LogP contribution in [0, 0.1) is 5.92 Å². The monoisotopic (exact) mass is 277 g/mol. The van der Waals surface area contributed by atoms with Crippen molar-refractivity contribution in [3.8, 4) is 0 Å². The number of hydrogen-bond acceptors (Lipinski definition) is 4. The maximum Gasteiger partial charge on any atom is 0.323 e. The van der Waals surface area contributed by atoms with Gasteiger partial charge in [-0.25, -0.2) is 4.90 Å². The van der Waals surface area contributed by atoms with Crippen LogP contribution in [0.15, 0.2) is 24.3 Å². The highest BCUT2D eigenvalue weighted by molar-refractivity contribution is 6.45. The first-order valence-corrected chi connectivity index (χ1v) is 6.31. The molecule has 1 aromatic carbocycles. The molecule has 0 atom stereocenters. The van der Waals surface area contributed by atoms with E-state index in [9.17, 15) is 14.4 Å². The molecular formula is C14H19N3O3. The lowest BCUT2D eigenvalue weighted by Gasteiger charge is -2.19. The molecule has 0 fully saturated rings. The average molecular weight is 277 g/mol. The van der Waals surface area contributed by atoms with E-state index in [1.165, 1.54) is 19.1 Å². The molecule has 0 saturated heterocycles. The summed E-state index contributed by atoms with van der Waals surface area (Å²) in [6, 6.07) is 6.16. The van der Waals surface area contributed by atoms with Crippen molar-refractivity contribution in [2.75, 3.05) is 17.2 Å². The summed E-state index contributed by atoms with van der Waals surface area (Å²) < 4.78 is 0. The zero-order chi connectivity index (χ0) is 15.3. The fourth-order valence-corrected chi connectivity index (χ4v) is 1.54. The number of nitrogens with one attached hydrogen (secondary N) is 1. The van der Waals surface area contributed by atoms with Crippen molar-refractivity contribution >= 4 is 29.1 Å². The van der Waals surface area contributed by atoms with Crippen molar-refractivity contribution < 1.29 is 14.4 Å². The molecule has 0 saturated carbocycles. The lowest BCUT2D eigenvalue weighted by molar-refractivity contribution is -0.139. The number of imide groups is 1. The van der Waals surface area contributed by atoms with E-state index in [4.69, 9.17) is 5.73 Å². The molecule has 0 heterocycles. The minimum absolute atomic E-state index is 0.217. The fraction of sp³-hybridized carbons (Fsp3) is 0.357. The minimum atomic E-state index is -0.900. The van der Waals surface area contributed by atoms with Crippen molar-refractivity contribution in [1.82, 2.24) is 5.32 Å². The molecule has 0 aliphatic heterocycles. The summed E-state index contributed by atoms with van der Waals surface area (Å²) in [5, 5.41) is 2.49. The maximum absolute atomic E-state index is 12.0. The first-order chi connectivity index (χ1) is 9.32. The van der Waals surface area contributed by atoms with Crippen molar-refractivity contribution in [3.05, 3.63) is 24.3 Å². The summed E-state index contributed by atoms with van der Waals surface area (Å²) in [7, 11) is 0. The lowest BCUT2D eigenvalue weighted by Crippen LogP contribution is -2.46. The molecule has 6 heteroatoms. The highest BCUT2D eigenvalue weighted by Gasteiger charge is 2.26. The molecule has 0 aliphatic carbocycles.